The highest BCUT2D eigenvalue weighted by Gasteiger charge is 2.56. The summed E-state index contributed by atoms with van der Waals surface area (Å²) in [5.74, 6) is -1.25. The van der Waals surface area contributed by atoms with Crippen LogP contribution in [-0.4, -0.2) is 59.3 Å². The molecule has 1 saturated carbocycles. The van der Waals surface area contributed by atoms with Gasteiger partial charge >= 0.3 is 5.97 Å². The maximum atomic E-state index is 13.1. The number of unbranched alkanes of at least 4 members (excludes halogenated alkanes) is 1. The molecule has 2 amide bonds. The lowest BCUT2D eigenvalue weighted by molar-refractivity contribution is -0.159. The molecule has 2 unspecified atom stereocenters. The number of rotatable bonds is 10. The Labute approximate surface area is 153 Å². The maximum absolute atomic E-state index is 13.1. The van der Waals surface area contributed by atoms with E-state index in [2.05, 4.69) is 11.7 Å². The summed E-state index contributed by atoms with van der Waals surface area (Å²) in [6.45, 7) is 5.72. The van der Waals surface area contributed by atoms with Crippen molar-refractivity contribution in [1.82, 2.24) is 9.96 Å². The fraction of sp³-hybridized carbons (Fsp3) is 0.667. The van der Waals surface area contributed by atoms with Crippen molar-refractivity contribution in [2.24, 2.45) is 16.3 Å². The molecule has 1 aliphatic heterocycles. The fourth-order valence-electron chi connectivity index (χ4n) is 3.50. The molecule has 2 atom stereocenters. The third-order valence-corrected chi connectivity index (χ3v) is 5.16. The lowest BCUT2D eigenvalue weighted by Gasteiger charge is -2.28. The lowest BCUT2D eigenvalue weighted by Crippen LogP contribution is -2.46. The Morgan fingerprint density at radius 2 is 2.23 bits per heavy atom. The molecule has 2 fully saturated rings. The smallest absolute Gasteiger partial charge is 0.333 e. The Balaban J connectivity index is 2.12. The first kappa shape index (κ1) is 20.1. The van der Waals surface area contributed by atoms with E-state index >= 15 is 0 Å². The molecule has 0 bridgehead atoms. The summed E-state index contributed by atoms with van der Waals surface area (Å²) in [6, 6.07) is -0.646. The lowest BCUT2D eigenvalue weighted by atomic mass is 9.99. The zero-order valence-electron chi connectivity index (χ0n) is 15.2. The number of nitrogens with zero attached hydrogens (tertiary/aromatic N) is 3. The van der Waals surface area contributed by atoms with Crippen LogP contribution in [0.5, 0.6) is 0 Å². The Bertz CT molecular complexity index is 573. The molecule has 2 aliphatic rings. The average Bonchev–Trinajstić information content (AvgIpc) is 3.28. The highest BCUT2D eigenvalue weighted by Crippen LogP contribution is 2.55. The van der Waals surface area contributed by atoms with Crippen LogP contribution < -0.4 is 0 Å². The second kappa shape index (κ2) is 8.93. The number of hydroxylamine groups is 2. The van der Waals surface area contributed by atoms with Crippen molar-refractivity contribution in [1.29, 1.82) is 0 Å². The number of carbonyl (C=O) groups is 3. The minimum atomic E-state index is -0.646. The van der Waals surface area contributed by atoms with Crippen LogP contribution in [0.3, 0.4) is 0 Å². The van der Waals surface area contributed by atoms with Crippen molar-refractivity contribution in [3.63, 3.8) is 0 Å². The van der Waals surface area contributed by atoms with E-state index in [-0.39, 0.29) is 24.3 Å². The van der Waals surface area contributed by atoms with Gasteiger partial charge in [0.15, 0.2) is 0 Å². The molecule has 1 saturated heterocycles. The van der Waals surface area contributed by atoms with Crippen molar-refractivity contribution >= 4 is 25.0 Å². The van der Waals surface area contributed by atoms with Gasteiger partial charge in [-0.05, 0) is 37.8 Å². The number of aliphatic imine (C=N–C) groups is 1. The van der Waals surface area contributed by atoms with Crippen molar-refractivity contribution in [2.75, 3.05) is 13.1 Å². The standard InChI is InChI=1S/C18H27N3O5/c1-3-4-5-14(11-20(25)13-22)16(23)21-12-18(6-7-18)10-15(21)17(24)26-9-8-19-2/h8-9,13-15,25H,2-7,10-12H2,1H3/b9-8-. The van der Waals surface area contributed by atoms with Crippen LogP contribution in [0.25, 0.3) is 0 Å². The molecular formula is C18H27N3O5. The van der Waals surface area contributed by atoms with E-state index in [1.165, 1.54) is 6.20 Å². The van der Waals surface area contributed by atoms with Gasteiger partial charge in [-0.2, -0.15) is 0 Å². The highest BCUT2D eigenvalue weighted by atomic mass is 16.5. The predicted molar refractivity (Wildman–Crippen MR) is 94.1 cm³/mol. The Kier molecular flexibility index (Phi) is 6.90. The van der Waals surface area contributed by atoms with Gasteiger partial charge < -0.3 is 9.64 Å². The maximum Gasteiger partial charge on any atom is 0.333 e. The third-order valence-electron chi connectivity index (χ3n) is 5.16. The molecule has 1 aliphatic carbocycles. The van der Waals surface area contributed by atoms with Gasteiger partial charge in [-0.25, -0.2) is 9.86 Å². The van der Waals surface area contributed by atoms with E-state index in [1.807, 2.05) is 6.92 Å². The summed E-state index contributed by atoms with van der Waals surface area (Å²) in [7, 11) is 0. The summed E-state index contributed by atoms with van der Waals surface area (Å²) in [6.07, 6.45) is 7.52. The molecule has 2 rings (SSSR count). The van der Waals surface area contributed by atoms with Crippen molar-refractivity contribution < 1.29 is 24.3 Å². The molecule has 1 heterocycles. The van der Waals surface area contributed by atoms with Crippen LogP contribution in [0.1, 0.15) is 45.4 Å². The van der Waals surface area contributed by atoms with E-state index < -0.39 is 17.9 Å². The summed E-state index contributed by atoms with van der Waals surface area (Å²) < 4.78 is 5.07. The molecule has 0 aromatic rings. The van der Waals surface area contributed by atoms with Crippen LogP contribution in [0.15, 0.2) is 17.5 Å². The Morgan fingerprint density at radius 3 is 2.81 bits per heavy atom. The SMILES string of the molecule is C=N/C=C\OC(=O)C1CC2(CC2)CN1C(=O)C(CCCC)CN(O)C=O. The van der Waals surface area contributed by atoms with Crippen LogP contribution in [0.4, 0.5) is 0 Å². The molecule has 8 nitrogen and oxygen atoms in total. The zero-order chi connectivity index (χ0) is 19.2. The van der Waals surface area contributed by atoms with Crippen LogP contribution in [0.2, 0.25) is 0 Å². The van der Waals surface area contributed by atoms with Gasteiger partial charge in [0, 0.05) is 6.54 Å². The minimum absolute atomic E-state index is 0.0125. The molecule has 0 radical (unpaired) electrons. The number of hydrogen-bond acceptors (Lipinski definition) is 6. The number of ether oxygens (including phenoxy) is 1. The summed E-state index contributed by atoms with van der Waals surface area (Å²) in [4.78, 5) is 41.3. The first-order chi connectivity index (χ1) is 12.5. The van der Waals surface area contributed by atoms with E-state index in [1.54, 1.807) is 4.90 Å². The number of esters is 1. The predicted octanol–water partition coefficient (Wildman–Crippen LogP) is 1.74. The normalized spacial score (nSPS) is 21.6. The third kappa shape index (κ3) is 4.91. The molecule has 1 N–H and O–H groups in total. The van der Waals surface area contributed by atoms with E-state index in [0.717, 1.165) is 31.9 Å². The van der Waals surface area contributed by atoms with Crippen LogP contribution in [-0.2, 0) is 19.1 Å². The molecule has 144 valence electrons. The fourth-order valence-corrected chi connectivity index (χ4v) is 3.50. The van der Waals surface area contributed by atoms with E-state index in [9.17, 15) is 19.6 Å². The molecule has 26 heavy (non-hydrogen) atoms. The molecule has 0 aromatic carbocycles. The quantitative estimate of drug-likeness (QED) is 0.159. The number of hydrogen-bond donors (Lipinski definition) is 1. The van der Waals surface area contributed by atoms with Gasteiger partial charge in [0.2, 0.25) is 12.3 Å². The van der Waals surface area contributed by atoms with Crippen molar-refractivity contribution in [3.05, 3.63) is 12.5 Å². The van der Waals surface area contributed by atoms with Crippen molar-refractivity contribution in [2.45, 2.75) is 51.5 Å². The number of likely N-dealkylation sites (tertiary alicyclic amines) is 1. The first-order valence-corrected chi connectivity index (χ1v) is 8.99. The first-order valence-electron chi connectivity index (χ1n) is 8.99. The van der Waals surface area contributed by atoms with Crippen LogP contribution >= 0.6 is 0 Å². The second-order valence-corrected chi connectivity index (χ2v) is 7.16. The molecule has 8 heteroatoms. The second-order valence-electron chi connectivity index (χ2n) is 7.16. The van der Waals surface area contributed by atoms with Gasteiger partial charge in [0.05, 0.1) is 18.7 Å². The molecular weight excluding hydrogens is 338 g/mol. The molecule has 1 spiro atoms. The summed E-state index contributed by atoms with van der Waals surface area (Å²) in [5.41, 5.74) is 0.0125. The van der Waals surface area contributed by atoms with Crippen molar-refractivity contribution in [3.8, 4) is 0 Å². The topological polar surface area (TPSA) is 99.5 Å². The Hall–Kier alpha value is -2.22. The molecule has 0 aromatic heterocycles. The zero-order valence-corrected chi connectivity index (χ0v) is 15.2. The average molecular weight is 365 g/mol. The number of carbonyl (C=O) groups excluding carboxylic acids is 3. The largest absolute Gasteiger partial charge is 0.431 e. The monoisotopic (exact) mass is 365 g/mol. The highest BCUT2D eigenvalue weighted by molar-refractivity contribution is 5.87. The summed E-state index contributed by atoms with van der Waals surface area (Å²) >= 11 is 0. The Morgan fingerprint density at radius 1 is 1.50 bits per heavy atom. The van der Waals surface area contributed by atoms with Gasteiger partial charge in [-0.3, -0.25) is 19.8 Å². The summed E-state index contributed by atoms with van der Waals surface area (Å²) in [5, 5.41) is 10.0. The van der Waals surface area contributed by atoms with E-state index in [4.69, 9.17) is 4.74 Å². The van der Waals surface area contributed by atoms with Gasteiger partial charge in [0.25, 0.3) is 0 Å². The number of amides is 2. The van der Waals surface area contributed by atoms with Gasteiger partial charge in [-0.1, -0.05) is 19.8 Å². The van der Waals surface area contributed by atoms with Gasteiger partial charge in [-0.15, -0.1) is 0 Å². The minimum Gasteiger partial charge on any atom is -0.431 e. The van der Waals surface area contributed by atoms with Crippen LogP contribution in [0, 0.1) is 11.3 Å². The van der Waals surface area contributed by atoms with Gasteiger partial charge in [0.1, 0.15) is 12.3 Å². The van der Waals surface area contributed by atoms with E-state index in [0.29, 0.717) is 24.4 Å².